The molecule has 0 amide bonds. The molecule has 18 heavy (non-hydrogen) atoms. The van der Waals surface area contributed by atoms with Crippen LogP contribution >= 0.6 is 0 Å². The zero-order valence-corrected chi connectivity index (χ0v) is 11.7. The van der Waals surface area contributed by atoms with E-state index in [9.17, 15) is 0 Å². The molecule has 5 nitrogen and oxygen atoms in total. The van der Waals surface area contributed by atoms with Gasteiger partial charge in [-0.1, -0.05) is 25.4 Å². The summed E-state index contributed by atoms with van der Waals surface area (Å²) >= 11 is 0. The lowest BCUT2D eigenvalue weighted by Crippen LogP contribution is -2.12. The fourth-order valence-corrected chi connectivity index (χ4v) is 1.83. The van der Waals surface area contributed by atoms with Crippen LogP contribution in [0, 0.1) is 5.92 Å². The Hall–Kier alpha value is -0.940. The molecule has 0 aliphatic rings. The van der Waals surface area contributed by atoms with Crippen LogP contribution in [0.2, 0.25) is 0 Å². The maximum atomic E-state index is 5.64. The van der Waals surface area contributed by atoms with Gasteiger partial charge in [-0.25, -0.2) is 0 Å². The van der Waals surface area contributed by atoms with E-state index in [4.69, 9.17) is 15.0 Å². The summed E-state index contributed by atoms with van der Waals surface area (Å²) in [5.74, 6) is 1.71. The van der Waals surface area contributed by atoms with Crippen molar-refractivity contribution in [2.75, 3.05) is 13.2 Å². The Morgan fingerprint density at radius 2 is 2.06 bits per heavy atom. The van der Waals surface area contributed by atoms with Gasteiger partial charge in [-0.2, -0.15) is 4.98 Å². The predicted molar refractivity (Wildman–Crippen MR) is 70.1 cm³/mol. The minimum atomic E-state index is -0.0726. The molecule has 1 rings (SSSR count). The molecule has 2 N–H and O–H groups in total. The third-order valence-corrected chi connectivity index (χ3v) is 2.78. The molecule has 1 aromatic heterocycles. The van der Waals surface area contributed by atoms with Crippen molar-refractivity contribution in [1.82, 2.24) is 10.1 Å². The number of aromatic nitrogens is 2. The van der Waals surface area contributed by atoms with Crippen LogP contribution in [0.15, 0.2) is 4.52 Å². The van der Waals surface area contributed by atoms with Gasteiger partial charge in [-0.05, 0) is 32.2 Å². The minimum Gasteiger partial charge on any atom is -0.370 e. The first kappa shape index (κ1) is 15.1. The van der Waals surface area contributed by atoms with Crippen molar-refractivity contribution in [3.63, 3.8) is 0 Å². The summed E-state index contributed by atoms with van der Waals surface area (Å²) in [6.07, 6.45) is 3.95. The first-order chi connectivity index (χ1) is 8.69. The van der Waals surface area contributed by atoms with Crippen LogP contribution in [0.4, 0.5) is 0 Å². The number of rotatable bonds is 9. The zero-order chi connectivity index (χ0) is 13.4. The average Bonchev–Trinajstić information content (AvgIpc) is 2.79. The number of aryl methyl sites for hydroxylation is 1. The molecule has 1 heterocycles. The van der Waals surface area contributed by atoms with Gasteiger partial charge in [0.15, 0.2) is 0 Å². The SMILES string of the molecule is CCOC(c1noc(CCCCCN)n1)C(C)C. The number of nitrogens with zero attached hydrogens (tertiary/aromatic N) is 2. The molecule has 1 atom stereocenters. The van der Waals surface area contributed by atoms with E-state index in [1.54, 1.807) is 0 Å². The summed E-state index contributed by atoms with van der Waals surface area (Å²) in [5, 5.41) is 4.02. The Labute approximate surface area is 109 Å². The van der Waals surface area contributed by atoms with Gasteiger partial charge in [0.2, 0.25) is 11.7 Å². The van der Waals surface area contributed by atoms with Crippen molar-refractivity contribution in [3.05, 3.63) is 11.7 Å². The third kappa shape index (κ3) is 4.74. The third-order valence-electron chi connectivity index (χ3n) is 2.78. The Kier molecular flexibility index (Phi) is 6.90. The second kappa shape index (κ2) is 8.21. The average molecular weight is 255 g/mol. The monoisotopic (exact) mass is 255 g/mol. The summed E-state index contributed by atoms with van der Waals surface area (Å²) in [7, 11) is 0. The summed E-state index contributed by atoms with van der Waals surface area (Å²) in [4.78, 5) is 4.41. The molecule has 0 aliphatic heterocycles. The fourth-order valence-electron chi connectivity index (χ4n) is 1.83. The summed E-state index contributed by atoms with van der Waals surface area (Å²) in [5.41, 5.74) is 5.45. The van der Waals surface area contributed by atoms with Gasteiger partial charge in [0.1, 0.15) is 6.10 Å². The highest BCUT2D eigenvalue weighted by Crippen LogP contribution is 2.23. The summed E-state index contributed by atoms with van der Waals surface area (Å²) < 4.78 is 10.9. The van der Waals surface area contributed by atoms with Crippen molar-refractivity contribution < 1.29 is 9.26 Å². The molecule has 0 aliphatic carbocycles. The van der Waals surface area contributed by atoms with Crippen LogP contribution in [0.3, 0.4) is 0 Å². The van der Waals surface area contributed by atoms with Crippen molar-refractivity contribution in [3.8, 4) is 0 Å². The van der Waals surface area contributed by atoms with Crippen molar-refractivity contribution in [1.29, 1.82) is 0 Å². The highest BCUT2D eigenvalue weighted by Gasteiger charge is 2.21. The molecule has 0 fully saturated rings. The molecule has 0 spiro atoms. The molecule has 0 bridgehead atoms. The first-order valence-corrected chi connectivity index (χ1v) is 6.83. The molecule has 0 aromatic carbocycles. The van der Waals surface area contributed by atoms with Crippen LogP contribution < -0.4 is 5.73 Å². The summed E-state index contributed by atoms with van der Waals surface area (Å²) in [6, 6.07) is 0. The molecule has 1 unspecified atom stereocenters. The largest absolute Gasteiger partial charge is 0.370 e. The van der Waals surface area contributed by atoms with Crippen LogP contribution in [0.1, 0.15) is 57.9 Å². The van der Waals surface area contributed by atoms with Gasteiger partial charge in [-0.15, -0.1) is 0 Å². The van der Waals surface area contributed by atoms with Gasteiger partial charge in [0, 0.05) is 13.0 Å². The lowest BCUT2D eigenvalue weighted by Gasteiger charge is -2.16. The smallest absolute Gasteiger partial charge is 0.226 e. The Bertz CT molecular complexity index is 326. The molecule has 0 saturated heterocycles. The second-order valence-electron chi connectivity index (χ2n) is 4.77. The normalized spacial score (nSPS) is 13.2. The van der Waals surface area contributed by atoms with E-state index in [-0.39, 0.29) is 6.10 Å². The number of hydrogen-bond donors (Lipinski definition) is 1. The molecular formula is C13H25N3O2. The zero-order valence-electron chi connectivity index (χ0n) is 11.7. The number of hydrogen-bond acceptors (Lipinski definition) is 5. The van der Waals surface area contributed by atoms with Gasteiger partial charge in [-0.3, -0.25) is 0 Å². The van der Waals surface area contributed by atoms with Crippen LogP contribution in [0.5, 0.6) is 0 Å². The van der Waals surface area contributed by atoms with E-state index in [0.717, 1.165) is 32.2 Å². The highest BCUT2D eigenvalue weighted by atomic mass is 16.5. The van der Waals surface area contributed by atoms with E-state index >= 15 is 0 Å². The van der Waals surface area contributed by atoms with Gasteiger partial charge in [0.25, 0.3) is 0 Å². The summed E-state index contributed by atoms with van der Waals surface area (Å²) in [6.45, 7) is 7.57. The molecule has 0 saturated carbocycles. The quantitative estimate of drug-likeness (QED) is 0.686. The highest BCUT2D eigenvalue weighted by molar-refractivity contribution is 4.93. The van der Waals surface area contributed by atoms with E-state index in [1.165, 1.54) is 0 Å². The van der Waals surface area contributed by atoms with Crippen LogP contribution in [-0.2, 0) is 11.2 Å². The van der Waals surface area contributed by atoms with Crippen molar-refractivity contribution in [2.45, 2.75) is 52.6 Å². The van der Waals surface area contributed by atoms with E-state index in [1.807, 2.05) is 6.92 Å². The number of unbranched alkanes of at least 4 members (excludes halogenated alkanes) is 2. The number of ether oxygens (including phenoxy) is 1. The van der Waals surface area contributed by atoms with Crippen LogP contribution in [-0.4, -0.2) is 23.3 Å². The van der Waals surface area contributed by atoms with Gasteiger partial charge >= 0.3 is 0 Å². The van der Waals surface area contributed by atoms with E-state index < -0.39 is 0 Å². The van der Waals surface area contributed by atoms with E-state index in [0.29, 0.717) is 24.2 Å². The Balaban J connectivity index is 2.50. The molecule has 1 aromatic rings. The van der Waals surface area contributed by atoms with Gasteiger partial charge < -0.3 is 15.0 Å². The first-order valence-electron chi connectivity index (χ1n) is 6.83. The van der Waals surface area contributed by atoms with Crippen molar-refractivity contribution >= 4 is 0 Å². The molecule has 0 radical (unpaired) electrons. The number of nitrogens with two attached hydrogens (primary N) is 1. The minimum absolute atomic E-state index is 0.0726. The van der Waals surface area contributed by atoms with Gasteiger partial charge in [0.05, 0.1) is 0 Å². The Morgan fingerprint density at radius 3 is 2.67 bits per heavy atom. The molecular weight excluding hydrogens is 230 g/mol. The second-order valence-corrected chi connectivity index (χ2v) is 4.77. The standard InChI is InChI=1S/C13H25N3O2/c1-4-17-12(10(2)3)13-15-11(18-16-13)8-6-5-7-9-14/h10,12H,4-9,14H2,1-3H3. The topological polar surface area (TPSA) is 74.2 Å². The van der Waals surface area contributed by atoms with Crippen molar-refractivity contribution in [2.24, 2.45) is 11.7 Å². The fraction of sp³-hybridized carbons (Fsp3) is 0.846. The maximum absolute atomic E-state index is 5.64. The Morgan fingerprint density at radius 1 is 1.28 bits per heavy atom. The van der Waals surface area contributed by atoms with Crippen LogP contribution in [0.25, 0.3) is 0 Å². The lowest BCUT2D eigenvalue weighted by atomic mass is 10.1. The van der Waals surface area contributed by atoms with E-state index in [2.05, 4.69) is 24.0 Å². The maximum Gasteiger partial charge on any atom is 0.226 e. The molecule has 104 valence electrons. The lowest BCUT2D eigenvalue weighted by molar-refractivity contribution is 0.0217. The molecule has 5 heteroatoms. The predicted octanol–water partition coefficient (Wildman–Crippen LogP) is 2.47.